The van der Waals surface area contributed by atoms with Gasteiger partial charge < -0.3 is 5.32 Å². The third-order valence-corrected chi connectivity index (χ3v) is 7.24. The Morgan fingerprint density at radius 3 is 2.45 bits per heavy atom. The van der Waals surface area contributed by atoms with E-state index in [9.17, 15) is 9.59 Å². The minimum atomic E-state index is -0.138. The van der Waals surface area contributed by atoms with Crippen molar-refractivity contribution >= 4 is 28.7 Å². The summed E-state index contributed by atoms with van der Waals surface area (Å²) in [5.41, 5.74) is 0.416. The molecule has 0 saturated heterocycles. The Morgan fingerprint density at radius 2 is 1.76 bits per heavy atom. The van der Waals surface area contributed by atoms with Crippen molar-refractivity contribution in [1.29, 1.82) is 0 Å². The van der Waals surface area contributed by atoms with E-state index < -0.39 is 0 Å². The number of carbonyl (C=O) groups is 1. The first-order valence-electron chi connectivity index (χ1n) is 11.1. The highest BCUT2D eigenvalue weighted by Gasteiger charge is 2.29. The summed E-state index contributed by atoms with van der Waals surface area (Å²) in [6, 6.07) is 0.127. The standard InChI is InChI=1S/C21H31N5O2S/c27-18(23-15-10-8-6-4-2-1-3-5-7-9-11-15)12-16-14-29-21-24-19-17(13-22-25-19)20(28)26(16)21/h13,15-16H,1-12,14H2,(H,22,25)(H,23,27). The van der Waals surface area contributed by atoms with Crippen LogP contribution in [-0.4, -0.2) is 37.5 Å². The Labute approximate surface area is 175 Å². The van der Waals surface area contributed by atoms with Crippen molar-refractivity contribution in [2.24, 2.45) is 0 Å². The highest BCUT2D eigenvalue weighted by Crippen LogP contribution is 2.32. The van der Waals surface area contributed by atoms with E-state index in [1.54, 1.807) is 4.57 Å². The average molecular weight is 418 g/mol. The number of thioether (sulfide) groups is 1. The zero-order valence-corrected chi connectivity index (χ0v) is 17.8. The van der Waals surface area contributed by atoms with Crippen LogP contribution in [0.3, 0.4) is 0 Å². The van der Waals surface area contributed by atoms with Crippen LogP contribution in [0.4, 0.5) is 0 Å². The quantitative estimate of drug-likeness (QED) is 0.738. The first-order valence-corrected chi connectivity index (χ1v) is 12.1. The Balaban J connectivity index is 1.37. The summed E-state index contributed by atoms with van der Waals surface area (Å²) in [6.45, 7) is 0. The molecular weight excluding hydrogens is 386 g/mol. The summed E-state index contributed by atoms with van der Waals surface area (Å²) in [4.78, 5) is 30.1. The van der Waals surface area contributed by atoms with E-state index in [1.165, 1.54) is 75.7 Å². The Bertz CT molecular complexity index is 881. The van der Waals surface area contributed by atoms with E-state index in [0.29, 0.717) is 28.4 Å². The molecule has 2 aliphatic rings. The lowest BCUT2D eigenvalue weighted by atomic mass is 9.97. The molecule has 1 saturated carbocycles. The first kappa shape index (κ1) is 20.4. The molecule has 158 valence electrons. The smallest absolute Gasteiger partial charge is 0.265 e. The van der Waals surface area contributed by atoms with Crippen LogP contribution in [0.2, 0.25) is 0 Å². The van der Waals surface area contributed by atoms with Crippen LogP contribution < -0.4 is 10.9 Å². The molecule has 1 amide bonds. The van der Waals surface area contributed by atoms with Gasteiger partial charge in [0.15, 0.2) is 10.8 Å². The molecule has 1 unspecified atom stereocenters. The molecule has 3 heterocycles. The van der Waals surface area contributed by atoms with Gasteiger partial charge in [-0.15, -0.1) is 0 Å². The second kappa shape index (κ2) is 9.78. The van der Waals surface area contributed by atoms with Gasteiger partial charge in [-0.05, 0) is 12.8 Å². The summed E-state index contributed by atoms with van der Waals surface area (Å²) in [6.07, 6.45) is 15.6. The molecule has 29 heavy (non-hydrogen) atoms. The predicted octanol–water partition coefficient (Wildman–Crippen LogP) is 3.95. The van der Waals surface area contributed by atoms with Gasteiger partial charge in [0.2, 0.25) is 5.91 Å². The maximum Gasteiger partial charge on any atom is 0.265 e. The van der Waals surface area contributed by atoms with Gasteiger partial charge >= 0.3 is 0 Å². The molecule has 1 aliphatic heterocycles. The van der Waals surface area contributed by atoms with Gasteiger partial charge in [0.05, 0.1) is 12.2 Å². The molecule has 1 atom stereocenters. The number of carbonyl (C=O) groups excluding carboxylic acids is 1. The second-order valence-corrected chi connectivity index (χ2v) is 9.38. The van der Waals surface area contributed by atoms with Gasteiger partial charge in [0, 0.05) is 18.2 Å². The highest BCUT2D eigenvalue weighted by molar-refractivity contribution is 7.99. The molecule has 1 fully saturated rings. The molecule has 7 nitrogen and oxygen atoms in total. The molecule has 1 aliphatic carbocycles. The molecule has 0 bridgehead atoms. The van der Waals surface area contributed by atoms with Gasteiger partial charge in [-0.25, -0.2) is 4.98 Å². The van der Waals surface area contributed by atoms with Gasteiger partial charge in [-0.2, -0.15) is 5.10 Å². The van der Waals surface area contributed by atoms with Crippen molar-refractivity contribution < 1.29 is 4.79 Å². The van der Waals surface area contributed by atoms with Gasteiger partial charge in [0.25, 0.3) is 5.56 Å². The van der Waals surface area contributed by atoms with Crippen LogP contribution in [0.25, 0.3) is 11.0 Å². The summed E-state index contributed by atoms with van der Waals surface area (Å²) < 4.78 is 1.68. The summed E-state index contributed by atoms with van der Waals surface area (Å²) in [5.74, 6) is 0.764. The molecule has 2 aromatic rings. The molecule has 0 aromatic carbocycles. The van der Waals surface area contributed by atoms with E-state index in [4.69, 9.17) is 0 Å². The van der Waals surface area contributed by atoms with Crippen molar-refractivity contribution in [3.8, 4) is 0 Å². The lowest BCUT2D eigenvalue weighted by Crippen LogP contribution is -2.37. The van der Waals surface area contributed by atoms with Crippen LogP contribution in [0.15, 0.2) is 16.1 Å². The van der Waals surface area contributed by atoms with Gasteiger partial charge in [0.1, 0.15) is 5.39 Å². The number of fused-ring (bicyclic) bond motifs is 2. The van der Waals surface area contributed by atoms with E-state index in [1.807, 2.05) is 0 Å². The monoisotopic (exact) mass is 417 g/mol. The fourth-order valence-corrected chi connectivity index (χ4v) is 5.65. The van der Waals surface area contributed by atoms with E-state index in [-0.39, 0.29) is 23.6 Å². The van der Waals surface area contributed by atoms with E-state index in [0.717, 1.165) is 12.8 Å². The fourth-order valence-electron chi connectivity index (χ4n) is 4.51. The van der Waals surface area contributed by atoms with Crippen LogP contribution in [0, 0.1) is 0 Å². The predicted molar refractivity (Wildman–Crippen MR) is 115 cm³/mol. The topological polar surface area (TPSA) is 92.7 Å². The van der Waals surface area contributed by atoms with Crippen molar-refractivity contribution in [2.45, 2.75) is 94.3 Å². The average Bonchev–Trinajstić information content (AvgIpc) is 3.32. The lowest BCUT2D eigenvalue weighted by molar-refractivity contribution is -0.122. The Kier molecular flexibility index (Phi) is 6.90. The number of aromatic nitrogens is 4. The molecule has 2 aromatic heterocycles. The molecule has 8 heteroatoms. The first-order chi connectivity index (χ1) is 14.2. The van der Waals surface area contributed by atoms with Crippen LogP contribution in [-0.2, 0) is 4.79 Å². The summed E-state index contributed by atoms with van der Waals surface area (Å²) in [7, 11) is 0. The minimum Gasteiger partial charge on any atom is -0.353 e. The lowest BCUT2D eigenvalue weighted by Gasteiger charge is -2.21. The fraction of sp³-hybridized carbons (Fsp3) is 0.714. The zero-order valence-electron chi connectivity index (χ0n) is 17.0. The molecule has 0 spiro atoms. The van der Waals surface area contributed by atoms with Crippen molar-refractivity contribution in [3.63, 3.8) is 0 Å². The second-order valence-electron chi connectivity index (χ2n) is 8.39. The van der Waals surface area contributed by atoms with Gasteiger partial charge in [-0.3, -0.25) is 19.3 Å². The number of amides is 1. The molecule has 4 rings (SSSR count). The van der Waals surface area contributed by atoms with Gasteiger partial charge in [-0.1, -0.05) is 69.5 Å². The number of rotatable bonds is 3. The largest absolute Gasteiger partial charge is 0.353 e. The van der Waals surface area contributed by atoms with Crippen LogP contribution >= 0.6 is 11.8 Å². The van der Waals surface area contributed by atoms with Crippen molar-refractivity contribution in [3.05, 3.63) is 16.6 Å². The number of H-pyrrole nitrogens is 1. The van der Waals surface area contributed by atoms with Crippen molar-refractivity contribution in [2.75, 3.05) is 5.75 Å². The van der Waals surface area contributed by atoms with Crippen LogP contribution in [0.5, 0.6) is 0 Å². The number of nitrogens with one attached hydrogen (secondary N) is 2. The number of hydrogen-bond acceptors (Lipinski definition) is 5. The Morgan fingerprint density at radius 1 is 1.10 bits per heavy atom. The van der Waals surface area contributed by atoms with Crippen LogP contribution in [0.1, 0.15) is 83.1 Å². The minimum absolute atomic E-state index is 0.0553. The van der Waals surface area contributed by atoms with E-state index in [2.05, 4.69) is 20.5 Å². The number of hydrogen-bond donors (Lipinski definition) is 2. The SMILES string of the molecule is O=C(CC1CSc2nc3[nH]ncc3c(=O)n21)NC1CCCCCCCCCCC1. The third kappa shape index (κ3) is 5.02. The third-order valence-electron chi connectivity index (χ3n) is 6.14. The normalized spacial score (nSPS) is 22.0. The van der Waals surface area contributed by atoms with Crippen molar-refractivity contribution in [1.82, 2.24) is 25.1 Å². The van der Waals surface area contributed by atoms with E-state index >= 15 is 0 Å². The Hall–Kier alpha value is -1.83. The number of aromatic amines is 1. The maximum absolute atomic E-state index is 12.8. The number of nitrogens with zero attached hydrogens (tertiary/aromatic N) is 3. The molecular formula is C21H31N5O2S. The maximum atomic E-state index is 12.8. The zero-order chi connectivity index (χ0) is 20.1. The summed E-state index contributed by atoms with van der Waals surface area (Å²) >= 11 is 1.54. The summed E-state index contributed by atoms with van der Waals surface area (Å²) in [5, 5.41) is 11.1. The molecule has 2 N–H and O–H groups in total. The molecule has 0 radical (unpaired) electrons. The highest BCUT2D eigenvalue weighted by atomic mass is 32.2.